The molecule has 3 aromatic rings. The van der Waals surface area contributed by atoms with E-state index in [0.29, 0.717) is 21.7 Å². The molecule has 134 valence electrons. The van der Waals surface area contributed by atoms with Crippen molar-refractivity contribution in [2.75, 3.05) is 11.2 Å². The smallest absolute Gasteiger partial charge is 0.237 e. The summed E-state index contributed by atoms with van der Waals surface area (Å²) in [7, 11) is 0. The molecule has 8 heteroatoms. The minimum atomic E-state index is -0.400. The summed E-state index contributed by atoms with van der Waals surface area (Å²) in [5.74, 6) is 6.51. The standard InChI is InChI=1S/C18H18ClN5OS/c1-11-3-5-13(6-4-11)16-22-23-18(24(16)20)26-12(2)17(25)21-15-9-7-14(19)8-10-15/h3-10,12H,20H2,1-2H3,(H,21,25). The van der Waals surface area contributed by atoms with Crippen LogP contribution in [0.5, 0.6) is 0 Å². The highest BCUT2D eigenvalue weighted by atomic mass is 35.5. The number of hydrogen-bond acceptors (Lipinski definition) is 5. The normalized spacial score (nSPS) is 12.0. The molecule has 0 saturated carbocycles. The average molecular weight is 388 g/mol. The molecule has 0 aliphatic heterocycles. The molecule has 0 radical (unpaired) electrons. The Labute approximate surface area is 160 Å². The highest BCUT2D eigenvalue weighted by molar-refractivity contribution is 8.00. The Morgan fingerprint density at radius 3 is 2.46 bits per heavy atom. The molecule has 0 spiro atoms. The van der Waals surface area contributed by atoms with Gasteiger partial charge in [0.2, 0.25) is 11.1 Å². The van der Waals surface area contributed by atoms with Crippen LogP contribution in [-0.2, 0) is 4.79 Å². The Morgan fingerprint density at radius 2 is 1.81 bits per heavy atom. The predicted molar refractivity (Wildman–Crippen MR) is 106 cm³/mol. The first-order valence-electron chi connectivity index (χ1n) is 7.94. The lowest BCUT2D eigenvalue weighted by Gasteiger charge is -2.11. The van der Waals surface area contributed by atoms with Gasteiger partial charge >= 0.3 is 0 Å². The zero-order valence-corrected chi connectivity index (χ0v) is 15.9. The van der Waals surface area contributed by atoms with Crippen LogP contribution in [0.25, 0.3) is 11.4 Å². The Morgan fingerprint density at radius 1 is 1.15 bits per heavy atom. The molecule has 0 saturated heterocycles. The Balaban J connectivity index is 1.69. The number of thioether (sulfide) groups is 1. The van der Waals surface area contributed by atoms with Gasteiger partial charge in [0.05, 0.1) is 5.25 Å². The van der Waals surface area contributed by atoms with E-state index in [0.717, 1.165) is 11.1 Å². The van der Waals surface area contributed by atoms with E-state index in [9.17, 15) is 4.79 Å². The van der Waals surface area contributed by atoms with Gasteiger partial charge < -0.3 is 11.2 Å². The van der Waals surface area contributed by atoms with Crippen LogP contribution in [0, 0.1) is 6.92 Å². The van der Waals surface area contributed by atoms with Crippen molar-refractivity contribution in [3.8, 4) is 11.4 Å². The number of aromatic nitrogens is 3. The number of nitrogens with one attached hydrogen (secondary N) is 1. The maximum absolute atomic E-state index is 12.4. The molecule has 6 nitrogen and oxygen atoms in total. The average Bonchev–Trinajstić information content (AvgIpc) is 2.98. The summed E-state index contributed by atoms with van der Waals surface area (Å²) in [5.41, 5.74) is 2.70. The first-order valence-corrected chi connectivity index (χ1v) is 9.20. The molecular formula is C18H18ClN5OS. The zero-order chi connectivity index (χ0) is 18.7. The van der Waals surface area contributed by atoms with Gasteiger partial charge in [-0.05, 0) is 38.1 Å². The second-order valence-electron chi connectivity index (χ2n) is 5.80. The summed E-state index contributed by atoms with van der Waals surface area (Å²) >= 11 is 7.09. The van der Waals surface area contributed by atoms with Crippen molar-refractivity contribution in [1.29, 1.82) is 0 Å². The van der Waals surface area contributed by atoms with Gasteiger partial charge in [0.25, 0.3) is 0 Å². The van der Waals surface area contributed by atoms with E-state index in [1.807, 2.05) is 31.2 Å². The van der Waals surface area contributed by atoms with Crippen molar-refractivity contribution < 1.29 is 4.79 Å². The number of halogens is 1. The molecule has 1 atom stereocenters. The van der Waals surface area contributed by atoms with Crippen molar-refractivity contribution in [3.05, 3.63) is 59.1 Å². The van der Waals surface area contributed by atoms with Gasteiger partial charge in [0.15, 0.2) is 5.82 Å². The van der Waals surface area contributed by atoms with Crippen LogP contribution < -0.4 is 11.2 Å². The molecule has 0 fully saturated rings. The van der Waals surface area contributed by atoms with Crippen LogP contribution in [-0.4, -0.2) is 26.0 Å². The fourth-order valence-corrected chi connectivity index (χ4v) is 3.14. The number of hydrogen-bond donors (Lipinski definition) is 2. The number of aryl methyl sites for hydroxylation is 1. The second kappa shape index (κ2) is 7.80. The number of amides is 1. The summed E-state index contributed by atoms with van der Waals surface area (Å²) in [6.07, 6.45) is 0. The number of nitrogens with two attached hydrogens (primary N) is 1. The first kappa shape index (κ1) is 18.3. The lowest BCUT2D eigenvalue weighted by Crippen LogP contribution is -2.23. The van der Waals surface area contributed by atoms with Gasteiger partial charge in [0, 0.05) is 16.3 Å². The molecular weight excluding hydrogens is 370 g/mol. The van der Waals surface area contributed by atoms with Gasteiger partial charge in [-0.3, -0.25) is 4.79 Å². The van der Waals surface area contributed by atoms with Crippen LogP contribution in [0.15, 0.2) is 53.7 Å². The molecule has 1 heterocycles. The van der Waals surface area contributed by atoms with Crippen molar-refractivity contribution in [3.63, 3.8) is 0 Å². The number of nitrogen functional groups attached to an aromatic ring is 1. The van der Waals surface area contributed by atoms with Crippen LogP contribution in [0.3, 0.4) is 0 Å². The van der Waals surface area contributed by atoms with E-state index in [4.69, 9.17) is 17.4 Å². The Kier molecular flexibility index (Phi) is 5.49. The van der Waals surface area contributed by atoms with Gasteiger partial charge in [-0.1, -0.05) is 53.2 Å². The second-order valence-corrected chi connectivity index (χ2v) is 7.54. The lowest BCUT2D eigenvalue weighted by atomic mass is 10.1. The number of anilines is 1. The summed E-state index contributed by atoms with van der Waals surface area (Å²) in [6, 6.07) is 14.8. The number of carbonyl (C=O) groups is 1. The van der Waals surface area contributed by atoms with E-state index in [2.05, 4.69) is 15.5 Å². The van der Waals surface area contributed by atoms with Gasteiger partial charge in [-0.25, -0.2) is 4.68 Å². The van der Waals surface area contributed by atoms with Crippen molar-refractivity contribution >= 4 is 35.0 Å². The fraction of sp³-hybridized carbons (Fsp3) is 0.167. The number of rotatable bonds is 5. The molecule has 26 heavy (non-hydrogen) atoms. The fourth-order valence-electron chi connectivity index (χ4n) is 2.25. The van der Waals surface area contributed by atoms with Crippen molar-refractivity contribution in [1.82, 2.24) is 14.9 Å². The molecule has 3 N–H and O–H groups in total. The number of benzene rings is 2. The highest BCUT2D eigenvalue weighted by Crippen LogP contribution is 2.25. The Hall–Kier alpha value is -2.51. The quantitative estimate of drug-likeness (QED) is 0.514. The van der Waals surface area contributed by atoms with E-state index in [1.54, 1.807) is 31.2 Å². The third-order valence-corrected chi connectivity index (χ3v) is 5.05. The van der Waals surface area contributed by atoms with Crippen LogP contribution >= 0.6 is 23.4 Å². The third-order valence-electron chi connectivity index (χ3n) is 3.74. The minimum absolute atomic E-state index is 0.155. The molecule has 1 unspecified atom stereocenters. The first-order chi connectivity index (χ1) is 12.4. The van der Waals surface area contributed by atoms with Gasteiger partial charge in [0.1, 0.15) is 0 Å². The molecule has 1 aromatic heterocycles. The summed E-state index contributed by atoms with van der Waals surface area (Å²) in [5, 5.41) is 11.8. The third kappa shape index (κ3) is 4.17. The molecule has 0 bridgehead atoms. The summed E-state index contributed by atoms with van der Waals surface area (Å²) < 4.78 is 1.40. The molecule has 0 aliphatic rings. The van der Waals surface area contributed by atoms with Crippen LogP contribution in [0.4, 0.5) is 5.69 Å². The lowest BCUT2D eigenvalue weighted by molar-refractivity contribution is -0.115. The van der Waals surface area contributed by atoms with Gasteiger partial charge in [-0.15, -0.1) is 10.2 Å². The molecule has 1 amide bonds. The molecule has 2 aromatic carbocycles. The maximum Gasteiger partial charge on any atom is 0.237 e. The van der Waals surface area contributed by atoms with E-state index >= 15 is 0 Å². The van der Waals surface area contributed by atoms with Crippen LogP contribution in [0.1, 0.15) is 12.5 Å². The number of carbonyl (C=O) groups excluding carboxylic acids is 1. The maximum atomic E-state index is 12.4. The van der Waals surface area contributed by atoms with E-state index in [1.165, 1.54) is 16.4 Å². The predicted octanol–water partition coefficient (Wildman–Crippen LogP) is 3.74. The molecule has 0 aliphatic carbocycles. The zero-order valence-electron chi connectivity index (χ0n) is 14.3. The largest absolute Gasteiger partial charge is 0.335 e. The molecule has 3 rings (SSSR count). The highest BCUT2D eigenvalue weighted by Gasteiger charge is 2.20. The topological polar surface area (TPSA) is 85.8 Å². The van der Waals surface area contributed by atoms with E-state index < -0.39 is 5.25 Å². The van der Waals surface area contributed by atoms with Gasteiger partial charge in [-0.2, -0.15) is 0 Å². The number of nitrogens with zero attached hydrogens (tertiary/aromatic N) is 3. The van der Waals surface area contributed by atoms with Crippen LogP contribution in [0.2, 0.25) is 5.02 Å². The Bertz CT molecular complexity index is 908. The van der Waals surface area contributed by atoms with E-state index in [-0.39, 0.29) is 5.91 Å². The monoisotopic (exact) mass is 387 g/mol. The summed E-state index contributed by atoms with van der Waals surface area (Å²) in [6.45, 7) is 3.80. The SMILES string of the molecule is Cc1ccc(-c2nnc(SC(C)C(=O)Nc3ccc(Cl)cc3)n2N)cc1. The van der Waals surface area contributed by atoms with Crippen molar-refractivity contribution in [2.45, 2.75) is 24.3 Å². The minimum Gasteiger partial charge on any atom is -0.335 e. The van der Waals surface area contributed by atoms with Crippen molar-refractivity contribution in [2.24, 2.45) is 0 Å². The summed E-state index contributed by atoms with van der Waals surface area (Å²) in [4.78, 5) is 12.4.